The molecule has 1 rings (SSSR count). The SMILES string of the molecule is CCNC(=O)CN=C(NCC)NCCCC1CCCC1. The standard InChI is InChI=1S/C15H30N4O/c1-3-16-14(20)12-19-15(17-4-2)18-11-7-10-13-8-5-6-9-13/h13H,3-12H2,1-2H3,(H,16,20)(H2,17,18,19). The van der Waals surface area contributed by atoms with Crippen LogP contribution < -0.4 is 16.0 Å². The molecule has 0 aliphatic heterocycles. The molecule has 0 spiro atoms. The van der Waals surface area contributed by atoms with Crippen LogP contribution in [0.3, 0.4) is 0 Å². The summed E-state index contributed by atoms with van der Waals surface area (Å²) in [5.74, 6) is 1.65. The van der Waals surface area contributed by atoms with Gasteiger partial charge in [-0.1, -0.05) is 25.7 Å². The molecular weight excluding hydrogens is 252 g/mol. The van der Waals surface area contributed by atoms with E-state index in [1.807, 2.05) is 13.8 Å². The van der Waals surface area contributed by atoms with Crippen molar-refractivity contribution in [1.29, 1.82) is 0 Å². The van der Waals surface area contributed by atoms with Crippen LogP contribution in [0, 0.1) is 5.92 Å². The Morgan fingerprint density at radius 1 is 1.10 bits per heavy atom. The number of nitrogens with one attached hydrogen (secondary N) is 3. The normalized spacial score (nSPS) is 16.2. The smallest absolute Gasteiger partial charge is 0.241 e. The molecule has 1 fully saturated rings. The Bertz CT molecular complexity index is 298. The molecule has 1 aliphatic carbocycles. The third-order valence-electron chi connectivity index (χ3n) is 3.66. The summed E-state index contributed by atoms with van der Waals surface area (Å²) >= 11 is 0. The van der Waals surface area contributed by atoms with Gasteiger partial charge in [-0.25, -0.2) is 4.99 Å². The quantitative estimate of drug-likeness (QED) is 0.360. The lowest BCUT2D eigenvalue weighted by molar-refractivity contribution is -0.119. The number of carbonyl (C=O) groups is 1. The Kier molecular flexibility index (Phi) is 8.83. The summed E-state index contributed by atoms with van der Waals surface area (Å²) < 4.78 is 0. The van der Waals surface area contributed by atoms with Crippen LogP contribution in [0.15, 0.2) is 4.99 Å². The first-order chi connectivity index (χ1) is 9.76. The van der Waals surface area contributed by atoms with E-state index in [4.69, 9.17) is 0 Å². The van der Waals surface area contributed by atoms with Gasteiger partial charge in [0.1, 0.15) is 6.54 Å². The van der Waals surface area contributed by atoms with Crippen LogP contribution in [0.1, 0.15) is 52.4 Å². The number of nitrogens with zero attached hydrogens (tertiary/aromatic N) is 1. The average molecular weight is 282 g/mol. The number of rotatable bonds is 8. The molecule has 20 heavy (non-hydrogen) atoms. The second-order valence-corrected chi connectivity index (χ2v) is 5.37. The Morgan fingerprint density at radius 3 is 2.45 bits per heavy atom. The summed E-state index contributed by atoms with van der Waals surface area (Å²) in [6, 6.07) is 0. The van der Waals surface area contributed by atoms with Crippen LogP contribution in [-0.4, -0.2) is 38.0 Å². The number of amides is 1. The van der Waals surface area contributed by atoms with Crippen molar-refractivity contribution < 1.29 is 4.79 Å². The molecule has 0 saturated heterocycles. The maximum absolute atomic E-state index is 11.4. The minimum Gasteiger partial charge on any atom is -0.357 e. The molecule has 0 aromatic rings. The number of carbonyl (C=O) groups excluding carboxylic acids is 1. The maximum atomic E-state index is 11.4. The van der Waals surface area contributed by atoms with Crippen molar-refractivity contribution in [3.63, 3.8) is 0 Å². The first kappa shape index (κ1) is 16.8. The van der Waals surface area contributed by atoms with E-state index < -0.39 is 0 Å². The molecule has 0 bridgehead atoms. The zero-order valence-electron chi connectivity index (χ0n) is 13.0. The number of guanidine groups is 1. The fourth-order valence-electron chi connectivity index (χ4n) is 2.64. The molecule has 116 valence electrons. The molecule has 3 N–H and O–H groups in total. The molecule has 1 saturated carbocycles. The largest absolute Gasteiger partial charge is 0.357 e. The molecule has 5 heteroatoms. The zero-order chi connectivity index (χ0) is 14.6. The molecule has 0 heterocycles. The second kappa shape index (κ2) is 10.5. The maximum Gasteiger partial charge on any atom is 0.241 e. The topological polar surface area (TPSA) is 65.5 Å². The Morgan fingerprint density at radius 2 is 1.80 bits per heavy atom. The summed E-state index contributed by atoms with van der Waals surface area (Å²) in [4.78, 5) is 15.7. The van der Waals surface area contributed by atoms with Crippen molar-refractivity contribution in [1.82, 2.24) is 16.0 Å². The van der Waals surface area contributed by atoms with Crippen molar-refractivity contribution in [3.05, 3.63) is 0 Å². The van der Waals surface area contributed by atoms with Gasteiger partial charge < -0.3 is 16.0 Å². The van der Waals surface area contributed by atoms with E-state index in [-0.39, 0.29) is 12.5 Å². The average Bonchev–Trinajstić information content (AvgIpc) is 2.94. The van der Waals surface area contributed by atoms with Crippen molar-refractivity contribution in [2.75, 3.05) is 26.2 Å². The molecule has 0 radical (unpaired) electrons. The van der Waals surface area contributed by atoms with Crippen molar-refractivity contribution in [3.8, 4) is 0 Å². The van der Waals surface area contributed by atoms with Crippen molar-refractivity contribution in [2.24, 2.45) is 10.9 Å². The van der Waals surface area contributed by atoms with E-state index in [1.54, 1.807) is 0 Å². The van der Waals surface area contributed by atoms with Gasteiger partial charge in [-0.3, -0.25) is 4.79 Å². The number of aliphatic imine (C=N–C) groups is 1. The van der Waals surface area contributed by atoms with Crippen LogP contribution in [0.5, 0.6) is 0 Å². The van der Waals surface area contributed by atoms with Crippen LogP contribution in [0.4, 0.5) is 0 Å². The molecule has 1 amide bonds. The summed E-state index contributed by atoms with van der Waals surface area (Å²) in [5, 5.41) is 9.21. The third kappa shape index (κ3) is 7.36. The van der Waals surface area contributed by atoms with E-state index in [0.29, 0.717) is 6.54 Å². The Labute approximate surface area is 123 Å². The second-order valence-electron chi connectivity index (χ2n) is 5.37. The van der Waals surface area contributed by atoms with E-state index in [0.717, 1.165) is 25.0 Å². The highest BCUT2D eigenvalue weighted by Crippen LogP contribution is 2.28. The first-order valence-corrected chi connectivity index (χ1v) is 8.05. The minimum atomic E-state index is -0.0318. The van der Waals surface area contributed by atoms with Crippen LogP contribution in [0.2, 0.25) is 0 Å². The molecule has 0 unspecified atom stereocenters. The predicted octanol–water partition coefficient (Wildman–Crippen LogP) is 1.65. The monoisotopic (exact) mass is 282 g/mol. The van der Waals surface area contributed by atoms with Gasteiger partial charge >= 0.3 is 0 Å². The third-order valence-corrected chi connectivity index (χ3v) is 3.66. The number of hydrogen-bond acceptors (Lipinski definition) is 2. The van der Waals surface area contributed by atoms with Crippen LogP contribution in [-0.2, 0) is 4.79 Å². The summed E-state index contributed by atoms with van der Waals surface area (Å²) in [5.41, 5.74) is 0. The lowest BCUT2D eigenvalue weighted by Crippen LogP contribution is -2.39. The van der Waals surface area contributed by atoms with Crippen LogP contribution in [0.25, 0.3) is 0 Å². The number of likely N-dealkylation sites (N-methyl/N-ethyl adjacent to an activating group) is 1. The predicted molar refractivity (Wildman–Crippen MR) is 83.9 cm³/mol. The fourth-order valence-corrected chi connectivity index (χ4v) is 2.64. The molecular formula is C15H30N4O. The van der Waals surface area contributed by atoms with Gasteiger partial charge in [-0.05, 0) is 32.6 Å². The van der Waals surface area contributed by atoms with E-state index in [1.165, 1.54) is 38.5 Å². The Balaban J connectivity index is 2.19. The first-order valence-electron chi connectivity index (χ1n) is 8.05. The molecule has 0 aromatic carbocycles. The van der Waals surface area contributed by atoms with E-state index in [2.05, 4.69) is 20.9 Å². The zero-order valence-corrected chi connectivity index (χ0v) is 13.0. The number of hydrogen-bond donors (Lipinski definition) is 3. The summed E-state index contributed by atoms with van der Waals surface area (Å²) in [6.45, 7) is 6.52. The summed E-state index contributed by atoms with van der Waals surface area (Å²) in [6.07, 6.45) is 8.12. The lowest BCUT2D eigenvalue weighted by atomic mass is 10.0. The highest BCUT2D eigenvalue weighted by atomic mass is 16.1. The minimum absolute atomic E-state index is 0.0318. The molecule has 0 aromatic heterocycles. The molecule has 5 nitrogen and oxygen atoms in total. The Hall–Kier alpha value is -1.26. The van der Waals surface area contributed by atoms with Crippen molar-refractivity contribution in [2.45, 2.75) is 52.4 Å². The highest BCUT2D eigenvalue weighted by molar-refractivity contribution is 5.84. The van der Waals surface area contributed by atoms with Crippen LogP contribution >= 0.6 is 0 Å². The van der Waals surface area contributed by atoms with E-state index >= 15 is 0 Å². The lowest BCUT2D eigenvalue weighted by Gasteiger charge is -2.12. The fraction of sp³-hybridized carbons (Fsp3) is 0.867. The molecule has 1 aliphatic rings. The van der Waals surface area contributed by atoms with Gasteiger partial charge in [0.2, 0.25) is 5.91 Å². The molecule has 0 atom stereocenters. The van der Waals surface area contributed by atoms with Gasteiger partial charge in [-0.2, -0.15) is 0 Å². The van der Waals surface area contributed by atoms with Gasteiger partial charge in [-0.15, -0.1) is 0 Å². The van der Waals surface area contributed by atoms with E-state index in [9.17, 15) is 4.79 Å². The van der Waals surface area contributed by atoms with Gasteiger partial charge in [0.15, 0.2) is 5.96 Å². The van der Waals surface area contributed by atoms with Gasteiger partial charge in [0.05, 0.1) is 0 Å². The summed E-state index contributed by atoms with van der Waals surface area (Å²) in [7, 11) is 0. The van der Waals surface area contributed by atoms with Gasteiger partial charge in [0.25, 0.3) is 0 Å². The van der Waals surface area contributed by atoms with Gasteiger partial charge in [0, 0.05) is 19.6 Å². The highest BCUT2D eigenvalue weighted by Gasteiger charge is 2.13. The van der Waals surface area contributed by atoms with Crippen molar-refractivity contribution >= 4 is 11.9 Å².